The van der Waals surface area contributed by atoms with Gasteiger partial charge in [0.25, 0.3) is 0 Å². The zero-order valence-corrected chi connectivity index (χ0v) is 12.9. The molecule has 0 radical (unpaired) electrons. The summed E-state index contributed by atoms with van der Waals surface area (Å²) in [6.07, 6.45) is -2.69. The van der Waals surface area contributed by atoms with Crippen molar-refractivity contribution in [2.75, 3.05) is 11.9 Å². The first-order valence-electron chi connectivity index (χ1n) is 5.88. The number of aromatic nitrogens is 1. The van der Waals surface area contributed by atoms with Gasteiger partial charge in [0, 0.05) is 34.2 Å². The van der Waals surface area contributed by atoms with E-state index in [1.165, 1.54) is 17.4 Å². The van der Waals surface area contributed by atoms with Crippen LogP contribution in [0, 0.1) is 0 Å². The Balaban J connectivity index is 2.13. The van der Waals surface area contributed by atoms with E-state index in [0.29, 0.717) is 11.0 Å². The van der Waals surface area contributed by atoms with Gasteiger partial charge in [0.15, 0.2) is 0 Å². The molecule has 0 saturated heterocycles. The summed E-state index contributed by atoms with van der Waals surface area (Å²) in [5, 5.41) is 5.62. The number of rotatable bonds is 4. The fraction of sp³-hybridized carbons (Fsp3) is 0.308. The van der Waals surface area contributed by atoms with Crippen LogP contribution in [0.15, 0.2) is 34.2 Å². The molecule has 1 unspecified atom stereocenters. The summed E-state index contributed by atoms with van der Waals surface area (Å²) in [6, 6.07) is 4.10. The highest BCUT2D eigenvalue weighted by Gasteiger charge is 2.33. The van der Waals surface area contributed by atoms with Gasteiger partial charge in [0.05, 0.1) is 10.6 Å². The molecule has 0 bridgehead atoms. The average molecular weight is 365 g/mol. The minimum Gasteiger partial charge on any atom is -0.384 e. The number of thiazole rings is 1. The third-order valence-electron chi connectivity index (χ3n) is 2.76. The van der Waals surface area contributed by atoms with Gasteiger partial charge in [-0.05, 0) is 18.2 Å². The highest BCUT2D eigenvalue weighted by molar-refractivity contribution is 9.10. The second kappa shape index (κ2) is 6.13. The van der Waals surface area contributed by atoms with Gasteiger partial charge in [-0.1, -0.05) is 22.9 Å². The van der Waals surface area contributed by atoms with Gasteiger partial charge in [-0.25, -0.2) is 4.98 Å². The molecule has 0 fully saturated rings. The summed E-state index contributed by atoms with van der Waals surface area (Å²) >= 11 is 4.56. The maximum atomic E-state index is 13.0. The van der Waals surface area contributed by atoms with Gasteiger partial charge in [-0.3, -0.25) is 0 Å². The first-order chi connectivity index (χ1) is 9.38. The van der Waals surface area contributed by atoms with E-state index < -0.39 is 11.7 Å². The Labute approximate surface area is 127 Å². The molecule has 0 saturated carbocycles. The van der Waals surface area contributed by atoms with E-state index >= 15 is 0 Å². The molecule has 1 heterocycles. The normalized spacial score (nSPS) is 13.2. The highest BCUT2D eigenvalue weighted by atomic mass is 79.9. The number of nitrogens with zero attached hydrogens (tertiary/aromatic N) is 1. The largest absolute Gasteiger partial charge is 0.418 e. The van der Waals surface area contributed by atoms with Crippen LogP contribution in [-0.2, 0) is 6.18 Å². The fourth-order valence-corrected chi connectivity index (χ4v) is 2.79. The van der Waals surface area contributed by atoms with Crippen molar-refractivity contribution in [2.24, 2.45) is 0 Å². The van der Waals surface area contributed by atoms with E-state index in [9.17, 15) is 13.2 Å². The van der Waals surface area contributed by atoms with Crippen molar-refractivity contribution in [3.8, 4) is 0 Å². The van der Waals surface area contributed by atoms with Crippen molar-refractivity contribution in [3.63, 3.8) is 0 Å². The monoisotopic (exact) mass is 364 g/mol. The fourth-order valence-electron chi connectivity index (χ4n) is 1.73. The summed E-state index contributed by atoms with van der Waals surface area (Å²) in [6.45, 7) is 2.33. The van der Waals surface area contributed by atoms with Crippen LogP contribution in [0.2, 0.25) is 0 Å². The van der Waals surface area contributed by atoms with Crippen LogP contribution >= 0.6 is 27.3 Å². The van der Waals surface area contributed by atoms with Gasteiger partial charge in [0.2, 0.25) is 0 Å². The Kier molecular flexibility index (Phi) is 4.70. The lowest BCUT2D eigenvalue weighted by molar-refractivity contribution is -0.137. The van der Waals surface area contributed by atoms with Gasteiger partial charge in [-0.15, -0.1) is 11.3 Å². The summed E-state index contributed by atoms with van der Waals surface area (Å²) in [4.78, 5) is 4.16. The van der Waals surface area contributed by atoms with Crippen LogP contribution < -0.4 is 5.32 Å². The molecule has 0 spiro atoms. The molecular weight excluding hydrogens is 353 g/mol. The molecule has 0 aliphatic heterocycles. The van der Waals surface area contributed by atoms with Crippen molar-refractivity contribution < 1.29 is 13.2 Å². The van der Waals surface area contributed by atoms with E-state index in [0.717, 1.165) is 11.1 Å². The van der Waals surface area contributed by atoms with Crippen LogP contribution in [0.5, 0.6) is 0 Å². The average Bonchev–Trinajstić information content (AvgIpc) is 2.89. The van der Waals surface area contributed by atoms with Gasteiger partial charge in [0.1, 0.15) is 0 Å². The number of nitrogens with one attached hydrogen (secondary N) is 1. The van der Waals surface area contributed by atoms with E-state index in [-0.39, 0.29) is 11.6 Å². The predicted molar refractivity (Wildman–Crippen MR) is 78.2 cm³/mol. The zero-order valence-electron chi connectivity index (χ0n) is 10.5. The van der Waals surface area contributed by atoms with Crippen molar-refractivity contribution in [3.05, 3.63) is 44.8 Å². The number of halogens is 4. The maximum Gasteiger partial charge on any atom is 0.418 e. The first-order valence-corrected chi connectivity index (χ1v) is 7.55. The molecule has 2 rings (SSSR count). The third kappa shape index (κ3) is 3.73. The summed E-state index contributed by atoms with van der Waals surface area (Å²) in [5.41, 5.74) is -0.581. The Morgan fingerprint density at radius 3 is 2.75 bits per heavy atom. The Morgan fingerprint density at radius 1 is 1.40 bits per heavy atom. The molecule has 0 aliphatic carbocycles. The summed E-state index contributed by atoms with van der Waals surface area (Å²) in [5.74, 6) is 0.0553. The molecule has 0 amide bonds. The van der Waals surface area contributed by atoms with Crippen LogP contribution in [0.25, 0.3) is 0 Å². The van der Waals surface area contributed by atoms with Crippen LogP contribution in [0.3, 0.4) is 0 Å². The minimum absolute atomic E-state index is 0.0553. The minimum atomic E-state index is -4.38. The van der Waals surface area contributed by atoms with Crippen LogP contribution in [-0.4, -0.2) is 11.5 Å². The quantitative estimate of drug-likeness (QED) is 0.812. The second-order valence-corrected chi connectivity index (χ2v) is 6.18. The molecule has 108 valence electrons. The topological polar surface area (TPSA) is 24.9 Å². The zero-order chi connectivity index (χ0) is 14.8. The van der Waals surface area contributed by atoms with E-state index in [2.05, 4.69) is 26.2 Å². The molecule has 2 aromatic rings. The molecule has 20 heavy (non-hydrogen) atoms. The van der Waals surface area contributed by atoms with Crippen molar-refractivity contribution in [2.45, 2.75) is 19.0 Å². The van der Waals surface area contributed by atoms with Crippen LogP contribution in [0.4, 0.5) is 18.9 Å². The molecule has 1 N–H and O–H groups in total. The van der Waals surface area contributed by atoms with Gasteiger partial charge in [-0.2, -0.15) is 13.2 Å². The smallest absolute Gasteiger partial charge is 0.384 e. The number of hydrogen-bond acceptors (Lipinski definition) is 3. The molecular formula is C13H12BrF3N2S. The van der Waals surface area contributed by atoms with Gasteiger partial charge < -0.3 is 5.32 Å². The number of benzene rings is 1. The van der Waals surface area contributed by atoms with E-state index in [1.54, 1.807) is 12.3 Å². The first kappa shape index (κ1) is 15.3. The van der Waals surface area contributed by atoms with Gasteiger partial charge >= 0.3 is 6.18 Å². The predicted octanol–water partition coefficient (Wildman–Crippen LogP) is 5.14. The SMILES string of the molecule is CC(CNc1ccc(Br)cc1C(F)(F)F)c1nccs1. The number of alkyl halides is 3. The Morgan fingerprint density at radius 2 is 2.15 bits per heavy atom. The molecule has 1 aromatic heterocycles. The lowest BCUT2D eigenvalue weighted by Crippen LogP contribution is -2.14. The maximum absolute atomic E-state index is 13.0. The van der Waals surface area contributed by atoms with Crippen molar-refractivity contribution in [1.29, 1.82) is 0 Å². The van der Waals surface area contributed by atoms with E-state index in [1.807, 2.05) is 12.3 Å². The Bertz CT molecular complexity index is 569. The molecule has 2 nitrogen and oxygen atoms in total. The van der Waals surface area contributed by atoms with Crippen LogP contribution in [0.1, 0.15) is 23.4 Å². The second-order valence-electron chi connectivity index (χ2n) is 4.34. The Hall–Kier alpha value is -1.08. The highest BCUT2D eigenvalue weighted by Crippen LogP contribution is 2.36. The van der Waals surface area contributed by atoms with E-state index in [4.69, 9.17) is 0 Å². The molecule has 1 aromatic carbocycles. The number of hydrogen-bond donors (Lipinski definition) is 1. The summed E-state index contributed by atoms with van der Waals surface area (Å²) in [7, 11) is 0. The lowest BCUT2D eigenvalue weighted by atomic mass is 10.1. The third-order valence-corrected chi connectivity index (χ3v) is 4.26. The number of anilines is 1. The molecule has 0 aliphatic rings. The summed E-state index contributed by atoms with van der Waals surface area (Å²) < 4.78 is 39.3. The standard InChI is InChI=1S/C13H12BrF3N2S/c1-8(12-18-4-5-20-12)7-19-11-3-2-9(14)6-10(11)13(15,16)17/h2-6,8,19H,7H2,1H3. The molecule has 7 heteroatoms. The van der Waals surface area contributed by atoms with Crippen molar-refractivity contribution in [1.82, 2.24) is 4.98 Å². The molecule has 1 atom stereocenters. The lowest BCUT2D eigenvalue weighted by Gasteiger charge is -2.17. The van der Waals surface area contributed by atoms with Crippen molar-refractivity contribution >= 4 is 33.0 Å².